The van der Waals surface area contributed by atoms with Gasteiger partial charge < -0.3 is 15.2 Å². The molecule has 6 heteroatoms. The number of hydrogen-bond acceptors (Lipinski definition) is 3. The summed E-state index contributed by atoms with van der Waals surface area (Å²) < 4.78 is 1.92. The summed E-state index contributed by atoms with van der Waals surface area (Å²) in [6, 6.07) is 38.2. The molecule has 0 saturated carbocycles. The van der Waals surface area contributed by atoms with E-state index in [9.17, 15) is 9.59 Å². The number of piperidine rings is 1. The maximum absolute atomic E-state index is 14.3. The normalized spacial score (nSPS) is 14.8. The fourth-order valence-electron chi connectivity index (χ4n) is 6.26. The molecule has 1 saturated heterocycles. The maximum atomic E-state index is 14.3. The van der Waals surface area contributed by atoms with Gasteiger partial charge in [0.1, 0.15) is 5.41 Å². The predicted octanol–water partition coefficient (Wildman–Crippen LogP) is 5.12. The van der Waals surface area contributed by atoms with Crippen LogP contribution in [0.25, 0.3) is 11.0 Å². The Balaban J connectivity index is 1.18. The van der Waals surface area contributed by atoms with E-state index in [4.69, 9.17) is 0 Å². The van der Waals surface area contributed by atoms with E-state index in [1.54, 1.807) is 0 Å². The van der Waals surface area contributed by atoms with Crippen LogP contribution in [0.15, 0.2) is 120 Å². The highest BCUT2D eigenvalue weighted by atomic mass is 16.2. The van der Waals surface area contributed by atoms with Gasteiger partial charge in [0, 0.05) is 32.2 Å². The number of carbonyl (C=O) groups excluding carboxylic acids is 1. The smallest absolute Gasteiger partial charge is 0.326 e. The van der Waals surface area contributed by atoms with Crippen molar-refractivity contribution in [3.8, 4) is 0 Å². The summed E-state index contributed by atoms with van der Waals surface area (Å²) in [5, 5.41) is 3.30. The third-order valence-electron chi connectivity index (χ3n) is 8.22. The summed E-state index contributed by atoms with van der Waals surface area (Å²) in [6.45, 7) is 3.07. The van der Waals surface area contributed by atoms with E-state index in [0.717, 1.165) is 60.2 Å². The number of amides is 1. The molecule has 2 N–H and O–H groups in total. The van der Waals surface area contributed by atoms with Crippen LogP contribution in [0.3, 0.4) is 0 Å². The molecule has 0 spiro atoms. The first-order chi connectivity index (χ1) is 19.7. The first-order valence-electron chi connectivity index (χ1n) is 14.0. The highest BCUT2D eigenvalue weighted by molar-refractivity contribution is 5.96. The van der Waals surface area contributed by atoms with Gasteiger partial charge in [-0.3, -0.25) is 9.36 Å². The van der Waals surface area contributed by atoms with Crippen molar-refractivity contribution in [3.63, 3.8) is 0 Å². The number of hydrogen-bond donors (Lipinski definition) is 2. The molecule has 0 unspecified atom stereocenters. The Morgan fingerprint density at radius 3 is 1.80 bits per heavy atom. The van der Waals surface area contributed by atoms with Gasteiger partial charge in [-0.15, -0.1) is 0 Å². The number of nitrogens with zero attached hydrogens (tertiary/aromatic N) is 2. The van der Waals surface area contributed by atoms with Gasteiger partial charge in [-0.05, 0) is 41.7 Å². The molecule has 1 amide bonds. The van der Waals surface area contributed by atoms with Crippen LogP contribution in [0.5, 0.6) is 0 Å². The molecular weight excluding hydrogens is 496 g/mol. The number of rotatable bonds is 8. The molecule has 202 valence electrons. The lowest BCUT2D eigenvalue weighted by atomic mass is 9.68. The molecule has 2 heterocycles. The maximum Gasteiger partial charge on any atom is 0.326 e. The molecule has 0 atom stereocenters. The monoisotopic (exact) mass is 530 g/mol. The van der Waals surface area contributed by atoms with Crippen LogP contribution in [-0.4, -0.2) is 46.5 Å². The average molecular weight is 531 g/mol. The van der Waals surface area contributed by atoms with E-state index in [2.05, 4.69) is 15.2 Å². The van der Waals surface area contributed by atoms with Gasteiger partial charge in [0.2, 0.25) is 5.91 Å². The van der Waals surface area contributed by atoms with E-state index >= 15 is 0 Å². The van der Waals surface area contributed by atoms with Crippen LogP contribution < -0.4 is 11.0 Å². The third kappa shape index (κ3) is 4.75. The molecular formula is C34H34N4O2. The highest BCUT2D eigenvalue weighted by Gasteiger charge is 2.43. The Bertz CT molecular complexity index is 1520. The molecule has 6 rings (SSSR count). The first-order valence-corrected chi connectivity index (χ1v) is 14.0. The van der Waals surface area contributed by atoms with Crippen molar-refractivity contribution >= 4 is 16.9 Å². The molecule has 0 bridgehead atoms. The van der Waals surface area contributed by atoms with Crippen LogP contribution in [0.1, 0.15) is 35.6 Å². The van der Waals surface area contributed by atoms with Crippen molar-refractivity contribution in [2.45, 2.75) is 24.3 Å². The van der Waals surface area contributed by atoms with E-state index in [0.29, 0.717) is 6.54 Å². The number of benzene rings is 4. The van der Waals surface area contributed by atoms with Crippen molar-refractivity contribution in [1.29, 1.82) is 0 Å². The van der Waals surface area contributed by atoms with Crippen molar-refractivity contribution in [2.75, 3.05) is 26.2 Å². The van der Waals surface area contributed by atoms with Gasteiger partial charge in [-0.2, -0.15) is 0 Å². The average Bonchev–Trinajstić information content (AvgIpc) is 3.35. The Kier molecular flexibility index (Phi) is 7.34. The van der Waals surface area contributed by atoms with Crippen LogP contribution in [0, 0.1) is 0 Å². The van der Waals surface area contributed by atoms with Crippen LogP contribution in [-0.2, 0) is 10.2 Å². The molecule has 0 radical (unpaired) electrons. The highest BCUT2D eigenvalue weighted by Crippen LogP contribution is 2.39. The van der Waals surface area contributed by atoms with Gasteiger partial charge in [0.25, 0.3) is 0 Å². The quantitative estimate of drug-likeness (QED) is 0.274. The number of likely N-dealkylation sites (tertiary alicyclic amines) is 1. The summed E-state index contributed by atoms with van der Waals surface area (Å²) in [4.78, 5) is 32.3. The van der Waals surface area contributed by atoms with E-state index in [1.165, 1.54) is 0 Å². The molecule has 1 aromatic heterocycles. The number of imidazole rings is 1. The Morgan fingerprint density at radius 2 is 1.25 bits per heavy atom. The number of H-pyrrole nitrogens is 1. The lowest BCUT2D eigenvalue weighted by Crippen LogP contribution is -2.48. The number of carbonyl (C=O) groups is 1. The molecule has 5 aromatic rings. The Labute approximate surface area is 234 Å². The first kappa shape index (κ1) is 25.8. The van der Waals surface area contributed by atoms with Gasteiger partial charge in [0.15, 0.2) is 0 Å². The second-order valence-corrected chi connectivity index (χ2v) is 10.5. The summed E-state index contributed by atoms with van der Waals surface area (Å²) in [5.41, 5.74) is 3.67. The number of fused-ring (bicyclic) bond motifs is 1. The largest absolute Gasteiger partial charge is 0.353 e. The Hall–Kier alpha value is -4.42. The van der Waals surface area contributed by atoms with Crippen LogP contribution >= 0.6 is 0 Å². The summed E-state index contributed by atoms with van der Waals surface area (Å²) in [6.07, 6.45) is 1.80. The molecule has 1 fully saturated rings. The number of aromatic amines is 1. The van der Waals surface area contributed by atoms with Crippen molar-refractivity contribution in [1.82, 2.24) is 19.8 Å². The van der Waals surface area contributed by atoms with Gasteiger partial charge in [-0.25, -0.2) is 4.79 Å². The fourth-order valence-corrected chi connectivity index (χ4v) is 6.26. The molecule has 1 aliphatic heterocycles. The molecule has 40 heavy (non-hydrogen) atoms. The molecule has 4 aromatic carbocycles. The molecule has 1 aliphatic rings. The summed E-state index contributed by atoms with van der Waals surface area (Å²) in [7, 11) is 0. The standard InChI is InChI=1S/C34H34N4O2/c39-32(34(26-12-4-1-5-13-26,27-14-6-2-7-15-27)28-16-8-3-9-17-28)35-22-25-37-23-20-29(21-24-37)38-31-19-11-10-18-30(31)36-33(38)40/h1-19,29H,20-25H2,(H,35,39)(H,36,40). The third-order valence-corrected chi connectivity index (χ3v) is 8.22. The second kappa shape index (κ2) is 11.4. The fraction of sp³-hybridized carbons (Fsp3) is 0.235. The van der Waals surface area contributed by atoms with Crippen molar-refractivity contribution < 1.29 is 4.79 Å². The van der Waals surface area contributed by atoms with Gasteiger partial charge in [-0.1, -0.05) is 103 Å². The van der Waals surface area contributed by atoms with Gasteiger partial charge in [0.05, 0.1) is 11.0 Å². The number of para-hydroxylation sites is 2. The van der Waals surface area contributed by atoms with E-state index in [1.807, 2.05) is 120 Å². The Morgan fingerprint density at radius 1 is 0.750 bits per heavy atom. The van der Waals surface area contributed by atoms with Crippen LogP contribution in [0.2, 0.25) is 0 Å². The minimum absolute atomic E-state index is 0.0312. The van der Waals surface area contributed by atoms with E-state index < -0.39 is 5.41 Å². The van der Waals surface area contributed by atoms with Gasteiger partial charge >= 0.3 is 5.69 Å². The molecule has 6 nitrogen and oxygen atoms in total. The minimum atomic E-state index is -0.965. The zero-order valence-corrected chi connectivity index (χ0v) is 22.5. The topological polar surface area (TPSA) is 70.1 Å². The zero-order chi connectivity index (χ0) is 27.4. The predicted molar refractivity (Wildman–Crippen MR) is 159 cm³/mol. The second-order valence-electron chi connectivity index (χ2n) is 10.5. The minimum Gasteiger partial charge on any atom is -0.353 e. The van der Waals surface area contributed by atoms with Crippen molar-refractivity contribution in [2.24, 2.45) is 0 Å². The van der Waals surface area contributed by atoms with Crippen LogP contribution in [0.4, 0.5) is 0 Å². The lowest BCUT2D eigenvalue weighted by molar-refractivity contribution is -0.124. The number of aromatic nitrogens is 2. The number of nitrogens with one attached hydrogen (secondary N) is 2. The molecule has 0 aliphatic carbocycles. The lowest BCUT2D eigenvalue weighted by Gasteiger charge is -2.35. The summed E-state index contributed by atoms with van der Waals surface area (Å²) in [5.74, 6) is -0.0312. The van der Waals surface area contributed by atoms with Crippen molar-refractivity contribution in [3.05, 3.63) is 142 Å². The summed E-state index contributed by atoms with van der Waals surface area (Å²) >= 11 is 0. The SMILES string of the molecule is O=C(NCCN1CCC(n2c(=O)[nH]c3ccccc32)CC1)C(c1ccccc1)(c1ccccc1)c1ccccc1. The van der Waals surface area contributed by atoms with E-state index in [-0.39, 0.29) is 17.6 Å². The zero-order valence-electron chi connectivity index (χ0n) is 22.5.